The average Bonchev–Trinajstić information content (AvgIpc) is 1.98. The zero-order chi connectivity index (χ0) is 8.27. The van der Waals surface area contributed by atoms with Gasteiger partial charge in [-0.15, -0.1) is 0 Å². The van der Waals surface area contributed by atoms with Gasteiger partial charge in [-0.05, 0) is 19.3 Å². The second kappa shape index (κ2) is 3.72. The third-order valence-electron chi connectivity index (χ3n) is 2.23. The van der Waals surface area contributed by atoms with Crippen LogP contribution in [0.3, 0.4) is 0 Å². The van der Waals surface area contributed by atoms with Crippen molar-refractivity contribution in [1.82, 2.24) is 0 Å². The summed E-state index contributed by atoms with van der Waals surface area (Å²) in [6.07, 6.45) is 1.18. The first kappa shape index (κ1) is 8.53. The third kappa shape index (κ3) is 2.19. The highest BCUT2D eigenvalue weighted by Crippen LogP contribution is 2.21. The van der Waals surface area contributed by atoms with E-state index in [4.69, 9.17) is 9.47 Å². The van der Waals surface area contributed by atoms with Crippen molar-refractivity contribution in [2.24, 2.45) is 5.92 Å². The van der Waals surface area contributed by atoms with Gasteiger partial charge in [0.1, 0.15) is 6.10 Å². The fraction of sp³-hybridized carbons (Fsp3) is 0.875. The summed E-state index contributed by atoms with van der Waals surface area (Å²) in [5.41, 5.74) is 0. The second-order valence-electron chi connectivity index (χ2n) is 3.11. The highest BCUT2D eigenvalue weighted by molar-refractivity contribution is 5.37. The quantitative estimate of drug-likeness (QED) is 0.562. The van der Waals surface area contributed by atoms with Crippen molar-refractivity contribution in [2.75, 3.05) is 6.61 Å². The summed E-state index contributed by atoms with van der Waals surface area (Å²) in [5, 5.41) is 0. The van der Waals surface area contributed by atoms with E-state index in [0.717, 1.165) is 6.42 Å². The topological polar surface area (TPSA) is 35.5 Å². The largest absolute Gasteiger partial charge is 0.462 e. The summed E-state index contributed by atoms with van der Waals surface area (Å²) in [6, 6.07) is 0. The summed E-state index contributed by atoms with van der Waals surface area (Å²) >= 11 is 0. The molecule has 1 saturated heterocycles. The van der Waals surface area contributed by atoms with E-state index < -0.39 is 0 Å². The molecule has 3 nitrogen and oxygen atoms in total. The molecule has 1 fully saturated rings. The van der Waals surface area contributed by atoms with Crippen LogP contribution in [0.2, 0.25) is 0 Å². The molecule has 0 aliphatic carbocycles. The number of hydrogen-bond acceptors (Lipinski definition) is 3. The zero-order valence-corrected chi connectivity index (χ0v) is 6.95. The SMILES string of the molecule is CC1CC(OC=O)COC1C. The van der Waals surface area contributed by atoms with Gasteiger partial charge in [-0.25, -0.2) is 0 Å². The first-order valence-electron chi connectivity index (χ1n) is 3.94. The van der Waals surface area contributed by atoms with E-state index in [1.54, 1.807) is 0 Å². The van der Waals surface area contributed by atoms with Gasteiger partial charge in [0.2, 0.25) is 0 Å². The van der Waals surface area contributed by atoms with E-state index in [-0.39, 0.29) is 6.10 Å². The minimum atomic E-state index is -0.0290. The first-order chi connectivity index (χ1) is 5.24. The molecule has 0 saturated carbocycles. The lowest BCUT2D eigenvalue weighted by Crippen LogP contribution is -2.35. The molecule has 0 amide bonds. The molecule has 0 bridgehead atoms. The number of rotatable bonds is 2. The van der Waals surface area contributed by atoms with Gasteiger partial charge in [-0.3, -0.25) is 4.79 Å². The number of carbonyl (C=O) groups is 1. The average molecular weight is 158 g/mol. The van der Waals surface area contributed by atoms with Gasteiger partial charge in [-0.1, -0.05) is 6.92 Å². The first-order valence-corrected chi connectivity index (χ1v) is 3.94. The van der Waals surface area contributed by atoms with E-state index in [1.165, 1.54) is 0 Å². The molecule has 1 heterocycles. The Morgan fingerprint density at radius 2 is 2.27 bits per heavy atom. The Morgan fingerprint density at radius 1 is 1.55 bits per heavy atom. The smallest absolute Gasteiger partial charge is 0.293 e. The van der Waals surface area contributed by atoms with Gasteiger partial charge in [0, 0.05) is 0 Å². The predicted molar refractivity (Wildman–Crippen MR) is 40.1 cm³/mol. The molecule has 0 aromatic carbocycles. The van der Waals surface area contributed by atoms with Gasteiger partial charge in [0.25, 0.3) is 6.47 Å². The van der Waals surface area contributed by atoms with Crippen LogP contribution in [0.15, 0.2) is 0 Å². The molecule has 0 aromatic heterocycles. The van der Waals surface area contributed by atoms with Crippen LogP contribution in [0.1, 0.15) is 20.3 Å². The number of hydrogen-bond donors (Lipinski definition) is 0. The maximum absolute atomic E-state index is 9.98. The molecular weight excluding hydrogens is 144 g/mol. The van der Waals surface area contributed by atoms with Crippen molar-refractivity contribution in [2.45, 2.75) is 32.5 Å². The zero-order valence-electron chi connectivity index (χ0n) is 6.95. The maximum atomic E-state index is 9.98. The summed E-state index contributed by atoms with van der Waals surface area (Å²) < 4.78 is 10.2. The van der Waals surface area contributed by atoms with Crippen molar-refractivity contribution in [3.63, 3.8) is 0 Å². The van der Waals surface area contributed by atoms with E-state index in [9.17, 15) is 4.79 Å². The minimum Gasteiger partial charge on any atom is -0.462 e. The van der Waals surface area contributed by atoms with Crippen LogP contribution in [0, 0.1) is 5.92 Å². The molecule has 3 unspecified atom stereocenters. The van der Waals surface area contributed by atoms with Crippen molar-refractivity contribution < 1.29 is 14.3 Å². The molecular formula is C8H14O3. The van der Waals surface area contributed by atoms with Crippen molar-refractivity contribution in [3.05, 3.63) is 0 Å². The number of carbonyl (C=O) groups excluding carboxylic acids is 1. The van der Waals surface area contributed by atoms with Crippen LogP contribution in [-0.2, 0) is 14.3 Å². The summed E-state index contributed by atoms with van der Waals surface area (Å²) in [4.78, 5) is 9.98. The van der Waals surface area contributed by atoms with E-state index in [1.807, 2.05) is 6.92 Å². The van der Waals surface area contributed by atoms with Crippen LogP contribution in [0.4, 0.5) is 0 Å². The van der Waals surface area contributed by atoms with Crippen LogP contribution in [0.25, 0.3) is 0 Å². The lowest BCUT2D eigenvalue weighted by molar-refractivity contribution is -0.146. The molecule has 0 aromatic rings. The monoisotopic (exact) mass is 158 g/mol. The Hall–Kier alpha value is -0.570. The van der Waals surface area contributed by atoms with Crippen LogP contribution < -0.4 is 0 Å². The van der Waals surface area contributed by atoms with Crippen LogP contribution in [0.5, 0.6) is 0 Å². The molecule has 1 aliphatic rings. The van der Waals surface area contributed by atoms with E-state index in [2.05, 4.69) is 6.92 Å². The highest BCUT2D eigenvalue weighted by atomic mass is 16.6. The van der Waals surface area contributed by atoms with Crippen molar-refractivity contribution in [3.8, 4) is 0 Å². The Labute approximate surface area is 66.7 Å². The predicted octanol–water partition coefficient (Wildman–Crippen LogP) is 0.973. The molecule has 64 valence electrons. The highest BCUT2D eigenvalue weighted by Gasteiger charge is 2.25. The van der Waals surface area contributed by atoms with Gasteiger partial charge < -0.3 is 9.47 Å². The van der Waals surface area contributed by atoms with E-state index in [0.29, 0.717) is 25.1 Å². The maximum Gasteiger partial charge on any atom is 0.293 e. The Balaban J connectivity index is 2.33. The molecule has 11 heavy (non-hydrogen) atoms. The van der Waals surface area contributed by atoms with Gasteiger partial charge in [0.15, 0.2) is 0 Å². The van der Waals surface area contributed by atoms with Crippen molar-refractivity contribution in [1.29, 1.82) is 0 Å². The molecule has 1 aliphatic heterocycles. The molecule has 0 N–H and O–H groups in total. The lowest BCUT2D eigenvalue weighted by Gasteiger charge is -2.30. The molecule has 3 atom stereocenters. The molecule has 0 spiro atoms. The molecule has 1 rings (SSSR count). The second-order valence-corrected chi connectivity index (χ2v) is 3.11. The normalized spacial score (nSPS) is 38.2. The Bertz CT molecular complexity index is 135. The van der Waals surface area contributed by atoms with Crippen molar-refractivity contribution >= 4 is 6.47 Å². The standard InChI is InChI=1S/C8H14O3/c1-6-3-8(11-5-9)4-10-7(6)2/h5-8H,3-4H2,1-2H3. The van der Waals surface area contributed by atoms with Gasteiger partial charge >= 0.3 is 0 Å². The molecule has 0 radical (unpaired) electrons. The van der Waals surface area contributed by atoms with Crippen LogP contribution >= 0.6 is 0 Å². The fourth-order valence-corrected chi connectivity index (χ4v) is 1.27. The van der Waals surface area contributed by atoms with Crippen LogP contribution in [-0.4, -0.2) is 25.3 Å². The lowest BCUT2D eigenvalue weighted by atomic mass is 9.96. The van der Waals surface area contributed by atoms with Gasteiger partial charge in [-0.2, -0.15) is 0 Å². The Kier molecular flexibility index (Phi) is 2.88. The summed E-state index contributed by atoms with van der Waals surface area (Å²) in [5.74, 6) is 0.480. The minimum absolute atomic E-state index is 0.0290. The summed E-state index contributed by atoms with van der Waals surface area (Å²) in [7, 11) is 0. The number of ether oxygens (including phenoxy) is 2. The summed E-state index contributed by atoms with van der Waals surface area (Å²) in [6.45, 7) is 5.19. The Morgan fingerprint density at radius 3 is 2.82 bits per heavy atom. The van der Waals surface area contributed by atoms with E-state index >= 15 is 0 Å². The molecule has 3 heteroatoms. The fourth-order valence-electron chi connectivity index (χ4n) is 1.27. The van der Waals surface area contributed by atoms with Gasteiger partial charge in [0.05, 0.1) is 12.7 Å². The third-order valence-corrected chi connectivity index (χ3v) is 2.23.